The summed E-state index contributed by atoms with van der Waals surface area (Å²) in [4.78, 5) is 21.8. The molecule has 1 aliphatic heterocycles. The van der Waals surface area contributed by atoms with Crippen LogP contribution in [0.3, 0.4) is 0 Å². The lowest BCUT2D eigenvalue weighted by atomic mass is 9.90. The summed E-state index contributed by atoms with van der Waals surface area (Å²) in [7, 11) is 0. The molecule has 0 atom stereocenters. The van der Waals surface area contributed by atoms with Crippen molar-refractivity contribution in [3.63, 3.8) is 0 Å². The van der Waals surface area contributed by atoms with E-state index in [4.69, 9.17) is 5.21 Å². The zero-order valence-electron chi connectivity index (χ0n) is 14.5. The van der Waals surface area contributed by atoms with Gasteiger partial charge in [0, 0.05) is 18.7 Å². The zero-order chi connectivity index (χ0) is 17.9. The Bertz CT molecular complexity index is 899. The number of hydrogen-bond donors (Lipinski definition) is 3. The predicted octanol–water partition coefficient (Wildman–Crippen LogP) is 3.14. The first kappa shape index (κ1) is 16.6. The number of anilines is 1. The van der Waals surface area contributed by atoms with Crippen molar-refractivity contribution in [3.8, 4) is 0 Å². The number of carbonyl (C=O) groups excluding carboxylic acids is 1. The number of carbonyl (C=O) groups is 1. The molecular formula is C20H22N4O2. The summed E-state index contributed by atoms with van der Waals surface area (Å²) < 4.78 is 0. The van der Waals surface area contributed by atoms with Crippen molar-refractivity contribution in [2.45, 2.75) is 19.3 Å². The van der Waals surface area contributed by atoms with E-state index in [2.05, 4.69) is 45.2 Å². The first-order chi connectivity index (χ1) is 12.7. The SMILES string of the molecule is O=C(NO)c1ccc2nc(N3CCC(Cc4ccccc4)CC3)[nH]c2c1. The average Bonchev–Trinajstić information content (AvgIpc) is 3.12. The van der Waals surface area contributed by atoms with Crippen molar-refractivity contribution < 1.29 is 10.0 Å². The molecule has 2 aromatic carbocycles. The number of H-pyrrole nitrogens is 1. The van der Waals surface area contributed by atoms with Gasteiger partial charge in [0.15, 0.2) is 0 Å². The van der Waals surface area contributed by atoms with E-state index in [1.54, 1.807) is 23.7 Å². The molecule has 1 aliphatic rings. The van der Waals surface area contributed by atoms with Gasteiger partial charge in [-0.1, -0.05) is 30.3 Å². The molecular weight excluding hydrogens is 328 g/mol. The minimum absolute atomic E-state index is 0.400. The third-order valence-electron chi connectivity index (χ3n) is 5.11. The predicted molar refractivity (Wildman–Crippen MR) is 100 cm³/mol. The molecule has 0 saturated carbocycles. The smallest absolute Gasteiger partial charge is 0.274 e. The third-order valence-corrected chi connectivity index (χ3v) is 5.11. The lowest BCUT2D eigenvalue weighted by Crippen LogP contribution is -2.35. The van der Waals surface area contributed by atoms with E-state index < -0.39 is 5.91 Å². The van der Waals surface area contributed by atoms with Crippen molar-refractivity contribution in [1.29, 1.82) is 0 Å². The van der Waals surface area contributed by atoms with Crippen LogP contribution in [0.2, 0.25) is 0 Å². The molecule has 0 unspecified atom stereocenters. The lowest BCUT2D eigenvalue weighted by molar-refractivity contribution is 0.0706. The summed E-state index contributed by atoms with van der Waals surface area (Å²) >= 11 is 0. The number of nitrogens with one attached hydrogen (secondary N) is 2. The van der Waals surface area contributed by atoms with E-state index in [9.17, 15) is 4.79 Å². The maximum atomic E-state index is 11.5. The fourth-order valence-electron chi connectivity index (χ4n) is 3.65. The van der Waals surface area contributed by atoms with Gasteiger partial charge < -0.3 is 9.88 Å². The number of benzene rings is 2. The lowest BCUT2D eigenvalue weighted by Gasteiger charge is -2.31. The van der Waals surface area contributed by atoms with Gasteiger partial charge >= 0.3 is 0 Å². The van der Waals surface area contributed by atoms with E-state index in [1.807, 2.05) is 0 Å². The first-order valence-corrected chi connectivity index (χ1v) is 8.96. The van der Waals surface area contributed by atoms with Gasteiger partial charge in [0.1, 0.15) is 0 Å². The van der Waals surface area contributed by atoms with Crippen molar-refractivity contribution in [1.82, 2.24) is 15.4 Å². The monoisotopic (exact) mass is 350 g/mol. The second kappa shape index (κ2) is 7.17. The highest BCUT2D eigenvalue weighted by Gasteiger charge is 2.21. The van der Waals surface area contributed by atoms with E-state index in [1.165, 1.54) is 5.56 Å². The van der Waals surface area contributed by atoms with Gasteiger partial charge in [-0.05, 0) is 48.9 Å². The minimum atomic E-state index is -0.523. The average molecular weight is 350 g/mol. The molecule has 3 aromatic rings. The maximum Gasteiger partial charge on any atom is 0.274 e. The molecule has 6 heteroatoms. The number of hydrogen-bond acceptors (Lipinski definition) is 4. The van der Waals surface area contributed by atoms with Gasteiger partial charge in [0.2, 0.25) is 5.95 Å². The van der Waals surface area contributed by atoms with Gasteiger partial charge in [-0.2, -0.15) is 0 Å². The van der Waals surface area contributed by atoms with Crippen LogP contribution in [-0.2, 0) is 6.42 Å². The standard InChI is InChI=1S/C20H22N4O2/c25-19(23-26)16-6-7-17-18(13-16)22-20(21-17)24-10-8-15(9-11-24)12-14-4-2-1-3-5-14/h1-7,13,15,26H,8-12H2,(H,21,22)(H,23,25). The van der Waals surface area contributed by atoms with Crippen molar-refractivity contribution in [3.05, 3.63) is 59.7 Å². The number of hydroxylamine groups is 1. The maximum absolute atomic E-state index is 11.5. The third kappa shape index (κ3) is 3.41. The normalized spacial score (nSPS) is 15.3. The second-order valence-corrected chi connectivity index (χ2v) is 6.85. The molecule has 1 aromatic heterocycles. The number of imidazole rings is 1. The van der Waals surface area contributed by atoms with Crippen LogP contribution in [0.1, 0.15) is 28.8 Å². The van der Waals surface area contributed by atoms with Crippen molar-refractivity contribution in [2.24, 2.45) is 5.92 Å². The molecule has 26 heavy (non-hydrogen) atoms. The summed E-state index contributed by atoms with van der Waals surface area (Å²) in [6.07, 6.45) is 3.42. The summed E-state index contributed by atoms with van der Waals surface area (Å²) in [6.45, 7) is 1.95. The van der Waals surface area contributed by atoms with Crippen LogP contribution in [0.5, 0.6) is 0 Å². The molecule has 2 heterocycles. The van der Waals surface area contributed by atoms with Crippen LogP contribution in [0.4, 0.5) is 5.95 Å². The van der Waals surface area contributed by atoms with Crippen LogP contribution in [0, 0.1) is 5.92 Å². The number of aromatic amines is 1. The summed E-state index contributed by atoms with van der Waals surface area (Å²) in [6, 6.07) is 15.8. The van der Waals surface area contributed by atoms with Crippen LogP contribution in [-0.4, -0.2) is 34.2 Å². The van der Waals surface area contributed by atoms with E-state index in [0.717, 1.165) is 49.3 Å². The number of piperidine rings is 1. The Labute approximate surface area is 151 Å². The van der Waals surface area contributed by atoms with Crippen LogP contribution < -0.4 is 10.4 Å². The van der Waals surface area contributed by atoms with Gasteiger partial charge in [0.25, 0.3) is 5.91 Å². The van der Waals surface area contributed by atoms with Crippen molar-refractivity contribution in [2.75, 3.05) is 18.0 Å². The van der Waals surface area contributed by atoms with E-state index in [-0.39, 0.29) is 0 Å². The fourth-order valence-corrected chi connectivity index (χ4v) is 3.65. The molecule has 1 saturated heterocycles. The molecule has 0 radical (unpaired) electrons. The quantitative estimate of drug-likeness (QED) is 0.499. The summed E-state index contributed by atoms with van der Waals surface area (Å²) in [5.41, 5.74) is 5.08. The van der Waals surface area contributed by atoms with Gasteiger partial charge in [-0.15, -0.1) is 0 Å². The first-order valence-electron chi connectivity index (χ1n) is 8.96. The van der Waals surface area contributed by atoms with Crippen LogP contribution in [0.25, 0.3) is 11.0 Å². The number of rotatable bonds is 4. The van der Waals surface area contributed by atoms with Gasteiger partial charge in [-0.3, -0.25) is 10.0 Å². The number of aromatic nitrogens is 2. The second-order valence-electron chi connectivity index (χ2n) is 6.85. The molecule has 1 fully saturated rings. The zero-order valence-corrected chi connectivity index (χ0v) is 14.5. The number of nitrogens with zero attached hydrogens (tertiary/aromatic N) is 2. The summed E-state index contributed by atoms with van der Waals surface area (Å²) in [5.74, 6) is 1.03. The van der Waals surface area contributed by atoms with Crippen LogP contribution >= 0.6 is 0 Å². The molecule has 134 valence electrons. The van der Waals surface area contributed by atoms with E-state index >= 15 is 0 Å². The fraction of sp³-hybridized carbons (Fsp3) is 0.300. The minimum Gasteiger partial charge on any atom is -0.342 e. The Balaban J connectivity index is 1.43. The van der Waals surface area contributed by atoms with Gasteiger partial charge in [-0.25, -0.2) is 10.5 Å². The molecule has 3 N–H and O–H groups in total. The van der Waals surface area contributed by atoms with Crippen molar-refractivity contribution >= 4 is 22.9 Å². The molecule has 4 rings (SSSR count). The molecule has 0 bridgehead atoms. The Hall–Kier alpha value is -2.86. The highest BCUT2D eigenvalue weighted by Crippen LogP contribution is 2.26. The molecule has 6 nitrogen and oxygen atoms in total. The topological polar surface area (TPSA) is 81.2 Å². The Morgan fingerprint density at radius 2 is 1.96 bits per heavy atom. The van der Waals surface area contributed by atoms with Gasteiger partial charge in [0.05, 0.1) is 11.0 Å². The molecule has 0 aliphatic carbocycles. The van der Waals surface area contributed by atoms with Crippen LogP contribution in [0.15, 0.2) is 48.5 Å². The Kier molecular flexibility index (Phi) is 4.58. The highest BCUT2D eigenvalue weighted by molar-refractivity contribution is 5.96. The number of amides is 1. The number of fused-ring (bicyclic) bond motifs is 1. The highest BCUT2D eigenvalue weighted by atomic mass is 16.5. The van der Waals surface area contributed by atoms with E-state index in [0.29, 0.717) is 11.5 Å². The Morgan fingerprint density at radius 1 is 1.19 bits per heavy atom. The molecule has 0 spiro atoms. The summed E-state index contributed by atoms with van der Waals surface area (Å²) in [5, 5.41) is 8.77. The molecule has 1 amide bonds. The largest absolute Gasteiger partial charge is 0.342 e. The Morgan fingerprint density at radius 3 is 2.69 bits per heavy atom.